The van der Waals surface area contributed by atoms with Gasteiger partial charge in [0.05, 0.1) is 18.8 Å². The first-order chi connectivity index (χ1) is 7.19. The fourth-order valence-corrected chi connectivity index (χ4v) is 1.52. The zero-order chi connectivity index (χ0) is 10.8. The number of nitrogens with zero attached hydrogens (tertiary/aromatic N) is 3. The molecule has 0 radical (unpaired) electrons. The van der Waals surface area contributed by atoms with Crippen LogP contribution in [0.4, 0.5) is 0 Å². The summed E-state index contributed by atoms with van der Waals surface area (Å²) in [7, 11) is 1.68. The van der Waals surface area contributed by atoms with Crippen LogP contribution in [0.25, 0.3) is 11.0 Å². The summed E-state index contributed by atoms with van der Waals surface area (Å²) >= 11 is 5.79. The van der Waals surface area contributed by atoms with E-state index in [0.29, 0.717) is 11.7 Å². The Kier molecular flexibility index (Phi) is 2.88. The lowest BCUT2D eigenvalue weighted by Gasteiger charge is -2.07. The Morgan fingerprint density at radius 2 is 2.27 bits per heavy atom. The van der Waals surface area contributed by atoms with Crippen LogP contribution in [0.3, 0.4) is 0 Å². The summed E-state index contributed by atoms with van der Waals surface area (Å²) < 4.78 is 6.99. The fraction of sp³-hybridized carbons (Fsp3) is 0.400. The predicted molar refractivity (Wildman–Crippen MR) is 59.0 cm³/mol. The highest BCUT2D eigenvalue weighted by atomic mass is 35.5. The minimum Gasteiger partial charge on any atom is -0.380 e. The summed E-state index contributed by atoms with van der Waals surface area (Å²) in [5, 5.41) is 4.85. The smallest absolute Gasteiger partial charge is 0.129 e. The van der Waals surface area contributed by atoms with Gasteiger partial charge >= 0.3 is 0 Å². The number of methoxy groups -OCH3 is 1. The number of hydrogen-bond acceptors (Lipinski definition) is 3. The van der Waals surface area contributed by atoms with Crippen molar-refractivity contribution in [3.63, 3.8) is 0 Å². The molecule has 2 rings (SSSR count). The van der Waals surface area contributed by atoms with Crippen LogP contribution in [0.5, 0.6) is 0 Å². The van der Waals surface area contributed by atoms with Gasteiger partial charge in [0.2, 0.25) is 0 Å². The lowest BCUT2D eigenvalue weighted by Crippen LogP contribution is -2.14. The third kappa shape index (κ3) is 2.27. The molecule has 0 aliphatic carbocycles. The number of halogens is 1. The van der Waals surface area contributed by atoms with Crippen molar-refractivity contribution in [3.05, 3.63) is 23.5 Å². The molecular formula is C10H12ClN3O. The van der Waals surface area contributed by atoms with Crippen LogP contribution < -0.4 is 0 Å². The highest BCUT2D eigenvalue weighted by Gasteiger charge is 2.05. The molecule has 80 valence electrons. The zero-order valence-electron chi connectivity index (χ0n) is 8.64. The van der Waals surface area contributed by atoms with E-state index in [1.54, 1.807) is 13.2 Å². The summed E-state index contributed by atoms with van der Waals surface area (Å²) in [6.45, 7) is 2.71. The normalized spacial score (nSPS) is 13.3. The van der Waals surface area contributed by atoms with Crippen LogP contribution in [0, 0.1) is 0 Å². The Bertz CT molecular complexity index is 469. The SMILES string of the molecule is COC(C)Cn1cc2nc(Cl)ccc2n1. The molecule has 2 heterocycles. The minimum atomic E-state index is 0.134. The molecule has 2 aromatic rings. The molecule has 5 heteroatoms. The van der Waals surface area contributed by atoms with E-state index in [9.17, 15) is 0 Å². The van der Waals surface area contributed by atoms with Crippen molar-refractivity contribution in [2.75, 3.05) is 7.11 Å². The number of ether oxygens (including phenoxy) is 1. The first-order valence-electron chi connectivity index (χ1n) is 4.71. The number of hydrogen-bond donors (Lipinski definition) is 0. The molecular weight excluding hydrogens is 214 g/mol. The second-order valence-corrected chi connectivity index (χ2v) is 3.82. The van der Waals surface area contributed by atoms with Crippen molar-refractivity contribution < 1.29 is 4.74 Å². The van der Waals surface area contributed by atoms with Crippen LogP contribution >= 0.6 is 11.6 Å². The first-order valence-corrected chi connectivity index (χ1v) is 5.09. The third-order valence-electron chi connectivity index (χ3n) is 2.22. The average molecular weight is 226 g/mol. The molecule has 0 fully saturated rings. The van der Waals surface area contributed by atoms with Crippen LogP contribution in [0.2, 0.25) is 5.15 Å². The maximum absolute atomic E-state index is 5.79. The molecule has 0 saturated carbocycles. The Morgan fingerprint density at radius 3 is 3.00 bits per heavy atom. The van der Waals surface area contributed by atoms with E-state index < -0.39 is 0 Å². The number of aromatic nitrogens is 3. The zero-order valence-corrected chi connectivity index (χ0v) is 9.40. The first kappa shape index (κ1) is 10.4. The predicted octanol–water partition coefficient (Wildman–Crippen LogP) is 2.12. The van der Waals surface area contributed by atoms with E-state index in [2.05, 4.69) is 10.1 Å². The third-order valence-corrected chi connectivity index (χ3v) is 2.43. The van der Waals surface area contributed by atoms with Gasteiger partial charge in [-0.2, -0.15) is 5.10 Å². The van der Waals surface area contributed by atoms with Crippen LogP contribution in [0.15, 0.2) is 18.3 Å². The van der Waals surface area contributed by atoms with Gasteiger partial charge in [0.1, 0.15) is 16.2 Å². The van der Waals surface area contributed by atoms with Gasteiger partial charge in [0, 0.05) is 7.11 Å². The van der Waals surface area contributed by atoms with E-state index in [-0.39, 0.29) is 6.10 Å². The molecule has 1 unspecified atom stereocenters. The van der Waals surface area contributed by atoms with Gasteiger partial charge in [-0.3, -0.25) is 4.68 Å². The van der Waals surface area contributed by atoms with Crippen LogP contribution in [-0.4, -0.2) is 28.0 Å². The molecule has 0 amide bonds. The largest absolute Gasteiger partial charge is 0.380 e. The maximum Gasteiger partial charge on any atom is 0.129 e. The second kappa shape index (κ2) is 4.16. The Hall–Kier alpha value is -1.13. The van der Waals surface area contributed by atoms with E-state index in [1.807, 2.05) is 23.9 Å². The van der Waals surface area contributed by atoms with E-state index in [4.69, 9.17) is 16.3 Å². The Balaban J connectivity index is 2.30. The second-order valence-electron chi connectivity index (χ2n) is 3.44. The van der Waals surface area contributed by atoms with Crippen molar-refractivity contribution >= 4 is 22.6 Å². The number of rotatable bonds is 3. The van der Waals surface area contributed by atoms with Crippen molar-refractivity contribution in [3.8, 4) is 0 Å². The van der Waals surface area contributed by atoms with Gasteiger partial charge < -0.3 is 4.74 Å². The number of pyridine rings is 1. The quantitative estimate of drug-likeness (QED) is 0.752. The minimum absolute atomic E-state index is 0.134. The lowest BCUT2D eigenvalue weighted by molar-refractivity contribution is 0.100. The summed E-state index contributed by atoms with van der Waals surface area (Å²) in [5.74, 6) is 0. The van der Waals surface area contributed by atoms with Crippen molar-refractivity contribution in [1.82, 2.24) is 14.8 Å². The van der Waals surface area contributed by atoms with Gasteiger partial charge in [-0.1, -0.05) is 11.6 Å². The highest BCUT2D eigenvalue weighted by Crippen LogP contribution is 2.13. The van der Waals surface area contributed by atoms with Crippen molar-refractivity contribution in [2.45, 2.75) is 19.6 Å². The van der Waals surface area contributed by atoms with Gasteiger partial charge in [0.15, 0.2) is 0 Å². The molecule has 2 aromatic heterocycles. The van der Waals surface area contributed by atoms with Gasteiger partial charge in [0.25, 0.3) is 0 Å². The van der Waals surface area contributed by atoms with Crippen LogP contribution in [-0.2, 0) is 11.3 Å². The van der Waals surface area contributed by atoms with Gasteiger partial charge in [-0.05, 0) is 19.1 Å². The summed E-state index contributed by atoms with van der Waals surface area (Å²) in [5.41, 5.74) is 1.66. The molecule has 0 bridgehead atoms. The summed E-state index contributed by atoms with van der Waals surface area (Å²) in [6.07, 6.45) is 2.01. The molecule has 0 N–H and O–H groups in total. The topological polar surface area (TPSA) is 39.9 Å². The Labute approximate surface area is 92.8 Å². The van der Waals surface area contributed by atoms with Gasteiger partial charge in [-0.15, -0.1) is 0 Å². The van der Waals surface area contributed by atoms with E-state index >= 15 is 0 Å². The summed E-state index contributed by atoms with van der Waals surface area (Å²) in [4.78, 5) is 4.17. The highest BCUT2D eigenvalue weighted by molar-refractivity contribution is 6.29. The van der Waals surface area contributed by atoms with E-state index in [1.165, 1.54) is 0 Å². The van der Waals surface area contributed by atoms with Gasteiger partial charge in [-0.25, -0.2) is 4.98 Å². The van der Waals surface area contributed by atoms with Crippen LogP contribution in [0.1, 0.15) is 6.92 Å². The van der Waals surface area contributed by atoms with E-state index in [0.717, 1.165) is 11.0 Å². The average Bonchev–Trinajstić information content (AvgIpc) is 2.59. The molecule has 0 saturated heterocycles. The molecule has 0 aromatic carbocycles. The Morgan fingerprint density at radius 1 is 1.47 bits per heavy atom. The molecule has 0 aliphatic rings. The monoisotopic (exact) mass is 225 g/mol. The standard InChI is InChI=1S/C10H12ClN3O/c1-7(15-2)5-14-6-9-8(13-14)3-4-10(11)12-9/h3-4,6-7H,5H2,1-2H3. The lowest BCUT2D eigenvalue weighted by atomic mass is 10.4. The van der Waals surface area contributed by atoms with Crippen molar-refractivity contribution in [2.24, 2.45) is 0 Å². The molecule has 4 nitrogen and oxygen atoms in total. The molecule has 0 aliphatic heterocycles. The molecule has 15 heavy (non-hydrogen) atoms. The maximum atomic E-state index is 5.79. The van der Waals surface area contributed by atoms with Crippen molar-refractivity contribution in [1.29, 1.82) is 0 Å². The molecule has 0 spiro atoms. The fourth-order valence-electron chi connectivity index (χ4n) is 1.36. The summed E-state index contributed by atoms with van der Waals surface area (Å²) in [6, 6.07) is 3.60. The molecule has 1 atom stereocenters. The number of fused-ring (bicyclic) bond motifs is 1.